The van der Waals surface area contributed by atoms with Crippen LogP contribution in [0.1, 0.15) is 30.7 Å². The van der Waals surface area contributed by atoms with Crippen LogP contribution in [0.25, 0.3) is 0 Å². The lowest BCUT2D eigenvalue weighted by molar-refractivity contribution is 0.346. The Kier molecular flexibility index (Phi) is 4.42. The second kappa shape index (κ2) is 5.83. The highest BCUT2D eigenvalue weighted by Crippen LogP contribution is 2.27. The van der Waals surface area contributed by atoms with Crippen molar-refractivity contribution >= 4 is 22.9 Å². The Morgan fingerprint density at radius 2 is 2.47 bits per heavy atom. The fourth-order valence-electron chi connectivity index (χ4n) is 2.13. The Labute approximate surface area is 100 Å². The molecule has 0 aliphatic heterocycles. The number of hydrogen-bond acceptors (Lipinski definition) is 3. The lowest BCUT2D eigenvalue weighted by atomic mass is 9.89. The highest BCUT2D eigenvalue weighted by Gasteiger charge is 2.19. The van der Waals surface area contributed by atoms with Crippen molar-refractivity contribution in [2.24, 2.45) is 5.92 Å². The molecule has 1 aromatic rings. The minimum absolute atomic E-state index is 0.408. The fourth-order valence-corrected chi connectivity index (χ4v) is 3.13. The third kappa shape index (κ3) is 3.74. The molecule has 0 radical (unpaired) electrons. The summed E-state index contributed by atoms with van der Waals surface area (Å²) in [6.45, 7) is 1.99. The lowest BCUT2D eigenvalue weighted by Gasteiger charge is -2.25. The minimum atomic E-state index is 0.408. The second-order valence-corrected chi connectivity index (χ2v) is 5.78. The van der Waals surface area contributed by atoms with Crippen LogP contribution in [-0.4, -0.2) is 16.9 Å². The van der Waals surface area contributed by atoms with E-state index in [1.807, 2.05) is 11.6 Å². The van der Waals surface area contributed by atoms with Gasteiger partial charge in [0.15, 0.2) is 0 Å². The monoisotopic (exact) mass is 244 g/mol. The van der Waals surface area contributed by atoms with Crippen molar-refractivity contribution in [3.8, 4) is 0 Å². The summed E-state index contributed by atoms with van der Waals surface area (Å²) < 4.78 is 0. The molecule has 1 aliphatic carbocycles. The number of thiazole rings is 1. The standard InChI is InChI=1S/C11H17ClN2S/c12-10-3-1-2-9(6-10)7-13-8-11-14-4-5-15-11/h4-5,9-10,13H,1-3,6-8H2. The largest absolute Gasteiger partial charge is 0.310 e. The number of alkyl halides is 1. The molecule has 2 nitrogen and oxygen atoms in total. The molecule has 1 saturated carbocycles. The smallest absolute Gasteiger partial charge is 0.106 e. The van der Waals surface area contributed by atoms with Gasteiger partial charge in [-0.15, -0.1) is 22.9 Å². The van der Waals surface area contributed by atoms with Crippen LogP contribution in [0.2, 0.25) is 0 Å². The molecule has 1 aromatic heterocycles. The van der Waals surface area contributed by atoms with E-state index in [9.17, 15) is 0 Å². The van der Waals surface area contributed by atoms with Crippen LogP contribution in [0.4, 0.5) is 0 Å². The van der Waals surface area contributed by atoms with Crippen LogP contribution in [0, 0.1) is 5.92 Å². The molecule has 15 heavy (non-hydrogen) atoms. The van der Waals surface area contributed by atoms with E-state index in [4.69, 9.17) is 11.6 Å². The van der Waals surface area contributed by atoms with E-state index in [1.165, 1.54) is 30.7 Å². The maximum absolute atomic E-state index is 6.15. The summed E-state index contributed by atoms with van der Waals surface area (Å²) in [5.41, 5.74) is 0. The quantitative estimate of drug-likeness (QED) is 0.824. The van der Waals surface area contributed by atoms with E-state index >= 15 is 0 Å². The molecule has 2 atom stereocenters. The summed E-state index contributed by atoms with van der Waals surface area (Å²) in [5, 5.41) is 7.07. The van der Waals surface area contributed by atoms with Crippen molar-refractivity contribution in [3.63, 3.8) is 0 Å². The number of halogens is 1. The Hall–Kier alpha value is -0.120. The maximum atomic E-state index is 6.15. The summed E-state index contributed by atoms with van der Waals surface area (Å²) in [6, 6.07) is 0. The second-order valence-electron chi connectivity index (χ2n) is 4.19. The first-order valence-corrected chi connectivity index (χ1v) is 6.89. The minimum Gasteiger partial charge on any atom is -0.310 e. The number of hydrogen-bond donors (Lipinski definition) is 1. The fraction of sp³-hybridized carbons (Fsp3) is 0.727. The van der Waals surface area contributed by atoms with E-state index in [0.717, 1.165) is 19.0 Å². The molecule has 0 aromatic carbocycles. The summed E-state index contributed by atoms with van der Waals surface area (Å²) in [5.74, 6) is 0.765. The molecule has 2 unspecified atom stereocenters. The van der Waals surface area contributed by atoms with Crippen LogP contribution in [0.5, 0.6) is 0 Å². The summed E-state index contributed by atoms with van der Waals surface area (Å²) in [4.78, 5) is 4.24. The molecular formula is C11H17ClN2S. The van der Waals surface area contributed by atoms with Gasteiger partial charge in [0.2, 0.25) is 0 Å². The normalized spacial score (nSPS) is 26.7. The van der Waals surface area contributed by atoms with Crippen LogP contribution in [0.3, 0.4) is 0 Å². The molecule has 1 N–H and O–H groups in total. The first-order valence-electron chi connectivity index (χ1n) is 5.58. The van der Waals surface area contributed by atoms with Gasteiger partial charge in [-0.3, -0.25) is 0 Å². The lowest BCUT2D eigenvalue weighted by Crippen LogP contribution is -2.27. The highest BCUT2D eigenvalue weighted by atomic mass is 35.5. The Morgan fingerprint density at radius 3 is 3.20 bits per heavy atom. The van der Waals surface area contributed by atoms with Gasteiger partial charge in [-0.1, -0.05) is 6.42 Å². The van der Waals surface area contributed by atoms with Crippen molar-refractivity contribution in [3.05, 3.63) is 16.6 Å². The summed E-state index contributed by atoms with van der Waals surface area (Å²) in [7, 11) is 0. The maximum Gasteiger partial charge on any atom is 0.106 e. The molecule has 1 fully saturated rings. The van der Waals surface area contributed by atoms with Gasteiger partial charge in [0.05, 0.1) is 0 Å². The number of nitrogens with zero attached hydrogens (tertiary/aromatic N) is 1. The van der Waals surface area contributed by atoms with Crippen molar-refractivity contribution in [2.45, 2.75) is 37.6 Å². The number of nitrogens with one attached hydrogen (secondary N) is 1. The van der Waals surface area contributed by atoms with Gasteiger partial charge in [0.1, 0.15) is 5.01 Å². The van der Waals surface area contributed by atoms with Crippen molar-refractivity contribution in [2.75, 3.05) is 6.54 Å². The first-order chi connectivity index (χ1) is 7.34. The summed E-state index contributed by atoms with van der Waals surface area (Å²) in [6.07, 6.45) is 6.85. The Balaban J connectivity index is 1.65. The number of aromatic nitrogens is 1. The van der Waals surface area contributed by atoms with Gasteiger partial charge in [0, 0.05) is 23.5 Å². The average molecular weight is 245 g/mol. The Bertz CT molecular complexity index is 276. The van der Waals surface area contributed by atoms with Crippen molar-refractivity contribution in [1.82, 2.24) is 10.3 Å². The molecule has 4 heteroatoms. The zero-order chi connectivity index (χ0) is 10.5. The third-order valence-corrected chi connectivity index (χ3v) is 4.09. The third-order valence-electron chi connectivity index (χ3n) is 2.91. The van der Waals surface area contributed by atoms with Gasteiger partial charge >= 0.3 is 0 Å². The summed E-state index contributed by atoms with van der Waals surface area (Å²) >= 11 is 7.86. The van der Waals surface area contributed by atoms with Crippen LogP contribution in [0.15, 0.2) is 11.6 Å². The van der Waals surface area contributed by atoms with Gasteiger partial charge in [-0.25, -0.2) is 4.98 Å². The van der Waals surface area contributed by atoms with Crippen LogP contribution < -0.4 is 5.32 Å². The van der Waals surface area contributed by atoms with E-state index in [1.54, 1.807) is 11.3 Å². The topological polar surface area (TPSA) is 24.9 Å². The SMILES string of the molecule is ClC1CCCC(CNCc2nccs2)C1. The molecule has 0 amide bonds. The molecule has 0 spiro atoms. The number of rotatable bonds is 4. The van der Waals surface area contributed by atoms with Crippen LogP contribution in [-0.2, 0) is 6.54 Å². The molecule has 0 bridgehead atoms. The van der Waals surface area contributed by atoms with Gasteiger partial charge in [-0.2, -0.15) is 0 Å². The first kappa shape index (κ1) is 11.4. The van der Waals surface area contributed by atoms with E-state index in [-0.39, 0.29) is 0 Å². The van der Waals surface area contributed by atoms with Crippen LogP contribution >= 0.6 is 22.9 Å². The zero-order valence-corrected chi connectivity index (χ0v) is 10.4. The predicted molar refractivity (Wildman–Crippen MR) is 65.4 cm³/mol. The zero-order valence-electron chi connectivity index (χ0n) is 8.79. The Morgan fingerprint density at radius 1 is 1.53 bits per heavy atom. The van der Waals surface area contributed by atoms with E-state index < -0.39 is 0 Å². The van der Waals surface area contributed by atoms with Crippen molar-refractivity contribution < 1.29 is 0 Å². The van der Waals surface area contributed by atoms with Gasteiger partial charge in [-0.05, 0) is 31.7 Å². The molecular weight excluding hydrogens is 228 g/mol. The van der Waals surface area contributed by atoms with Gasteiger partial charge < -0.3 is 5.32 Å². The molecule has 0 saturated heterocycles. The van der Waals surface area contributed by atoms with E-state index in [0.29, 0.717) is 5.38 Å². The molecule has 84 valence electrons. The van der Waals surface area contributed by atoms with Gasteiger partial charge in [0.25, 0.3) is 0 Å². The molecule has 1 heterocycles. The average Bonchev–Trinajstić information content (AvgIpc) is 2.71. The van der Waals surface area contributed by atoms with Crippen molar-refractivity contribution in [1.29, 1.82) is 0 Å². The predicted octanol–water partition coefficient (Wildman–Crippen LogP) is 3.03. The van der Waals surface area contributed by atoms with E-state index in [2.05, 4.69) is 10.3 Å². The molecule has 1 aliphatic rings. The molecule has 2 rings (SSSR count). The highest BCUT2D eigenvalue weighted by molar-refractivity contribution is 7.09.